The lowest BCUT2D eigenvalue weighted by Crippen LogP contribution is -2.20. The van der Waals surface area contributed by atoms with E-state index in [9.17, 15) is 15.3 Å². The number of benzene rings is 1. The number of aromatic amines is 1. The fraction of sp³-hybridized carbons (Fsp3) is 0.235. The normalized spacial score (nSPS) is 14.8. The van der Waals surface area contributed by atoms with E-state index in [2.05, 4.69) is 4.98 Å². The van der Waals surface area contributed by atoms with Crippen molar-refractivity contribution in [1.29, 1.82) is 10.5 Å². The molecule has 3 N–H and O–H groups in total. The second kappa shape index (κ2) is 6.55. The zero-order valence-electron chi connectivity index (χ0n) is 12.7. The number of nitrogens with two attached hydrogens (primary N) is 1. The third-order valence-electron chi connectivity index (χ3n) is 3.78. The van der Waals surface area contributed by atoms with Crippen molar-refractivity contribution < 1.29 is 9.47 Å². The second-order valence-electron chi connectivity index (χ2n) is 5.23. The number of nitrogens with one attached hydrogen (secondary N) is 1. The van der Waals surface area contributed by atoms with Gasteiger partial charge in [-0.2, -0.15) is 10.5 Å². The maximum atomic E-state index is 12.1. The smallest absolute Gasteiger partial charge is 0.268 e. The van der Waals surface area contributed by atoms with Gasteiger partial charge < -0.3 is 20.2 Å². The molecule has 3 rings (SSSR count). The number of nitrogen functional groups attached to an aromatic ring is 1. The fourth-order valence-electron chi connectivity index (χ4n) is 2.71. The fourth-order valence-corrected chi connectivity index (χ4v) is 2.71. The summed E-state index contributed by atoms with van der Waals surface area (Å²) in [7, 11) is 0. The van der Waals surface area contributed by atoms with Crippen molar-refractivity contribution in [3.63, 3.8) is 0 Å². The number of hydrogen-bond acceptors (Lipinski definition) is 6. The first-order valence-electron chi connectivity index (χ1n) is 7.35. The van der Waals surface area contributed by atoms with Gasteiger partial charge in [0.15, 0.2) is 6.29 Å². The standard InChI is InChI=1S/C17H14N4O3/c18-8-12-14(13(9-19)16(22)21-15(12)20)10-4-1-2-5-11(10)17-23-6-3-7-24-17/h1-2,4-5,17H,3,6-7H2,(H3,20,21,22). The monoisotopic (exact) mass is 322 g/mol. The number of nitriles is 2. The maximum Gasteiger partial charge on any atom is 0.268 e. The van der Waals surface area contributed by atoms with Crippen LogP contribution in [0.2, 0.25) is 0 Å². The first-order chi connectivity index (χ1) is 11.7. The zero-order chi connectivity index (χ0) is 17.1. The molecule has 1 saturated heterocycles. The summed E-state index contributed by atoms with van der Waals surface area (Å²) in [6, 6.07) is 10.9. The van der Waals surface area contributed by atoms with Crippen molar-refractivity contribution in [2.45, 2.75) is 12.7 Å². The van der Waals surface area contributed by atoms with Gasteiger partial charge in [-0.05, 0) is 12.0 Å². The zero-order valence-corrected chi connectivity index (χ0v) is 12.7. The van der Waals surface area contributed by atoms with Crippen molar-refractivity contribution in [1.82, 2.24) is 4.98 Å². The maximum absolute atomic E-state index is 12.1. The third-order valence-corrected chi connectivity index (χ3v) is 3.78. The second-order valence-corrected chi connectivity index (χ2v) is 5.23. The van der Waals surface area contributed by atoms with Gasteiger partial charge in [0.25, 0.3) is 5.56 Å². The number of anilines is 1. The van der Waals surface area contributed by atoms with Crippen molar-refractivity contribution in [3.05, 3.63) is 51.3 Å². The van der Waals surface area contributed by atoms with Crippen molar-refractivity contribution >= 4 is 5.82 Å². The molecule has 0 atom stereocenters. The molecular weight excluding hydrogens is 308 g/mol. The Morgan fingerprint density at radius 3 is 2.46 bits per heavy atom. The van der Waals surface area contributed by atoms with Crippen LogP contribution in [0.5, 0.6) is 0 Å². The summed E-state index contributed by atoms with van der Waals surface area (Å²) in [5.74, 6) is -0.0724. The first-order valence-corrected chi connectivity index (χ1v) is 7.35. The lowest BCUT2D eigenvalue weighted by molar-refractivity contribution is -0.182. The average Bonchev–Trinajstić information content (AvgIpc) is 2.62. The molecule has 1 aliphatic heterocycles. The predicted molar refractivity (Wildman–Crippen MR) is 85.6 cm³/mol. The summed E-state index contributed by atoms with van der Waals surface area (Å²) < 4.78 is 11.3. The van der Waals surface area contributed by atoms with Crippen LogP contribution in [-0.4, -0.2) is 18.2 Å². The van der Waals surface area contributed by atoms with Gasteiger partial charge in [0.05, 0.1) is 13.2 Å². The number of nitrogens with zero attached hydrogens (tertiary/aromatic N) is 2. The number of hydrogen-bond donors (Lipinski definition) is 2. The molecule has 1 aromatic heterocycles. The van der Waals surface area contributed by atoms with E-state index in [1.54, 1.807) is 24.3 Å². The Hall–Kier alpha value is -3.13. The Kier molecular flexibility index (Phi) is 4.30. The average molecular weight is 322 g/mol. The molecule has 2 aromatic rings. The number of ether oxygens (including phenoxy) is 2. The quantitative estimate of drug-likeness (QED) is 0.868. The van der Waals surface area contributed by atoms with Crippen LogP contribution in [0.15, 0.2) is 29.1 Å². The van der Waals surface area contributed by atoms with Crippen LogP contribution >= 0.6 is 0 Å². The highest BCUT2D eigenvalue weighted by Gasteiger charge is 2.25. The highest BCUT2D eigenvalue weighted by molar-refractivity contribution is 5.82. The molecular formula is C17H14N4O3. The van der Waals surface area contributed by atoms with Crippen LogP contribution in [0.25, 0.3) is 11.1 Å². The van der Waals surface area contributed by atoms with E-state index in [-0.39, 0.29) is 22.5 Å². The molecule has 7 heteroatoms. The Morgan fingerprint density at radius 2 is 1.79 bits per heavy atom. The van der Waals surface area contributed by atoms with Crippen molar-refractivity contribution in [3.8, 4) is 23.3 Å². The van der Waals surface area contributed by atoms with Gasteiger partial charge in [-0.15, -0.1) is 0 Å². The number of rotatable bonds is 2. The van der Waals surface area contributed by atoms with Crippen LogP contribution in [0.1, 0.15) is 29.4 Å². The van der Waals surface area contributed by atoms with E-state index in [0.717, 1.165) is 6.42 Å². The van der Waals surface area contributed by atoms with Gasteiger partial charge >= 0.3 is 0 Å². The topological polar surface area (TPSA) is 125 Å². The minimum Gasteiger partial charge on any atom is -0.384 e. The summed E-state index contributed by atoms with van der Waals surface area (Å²) in [5.41, 5.74) is 6.40. The van der Waals surface area contributed by atoms with Crippen LogP contribution < -0.4 is 11.3 Å². The molecule has 0 bridgehead atoms. The van der Waals surface area contributed by atoms with E-state index in [0.29, 0.717) is 24.3 Å². The number of H-pyrrole nitrogens is 1. The SMILES string of the molecule is N#Cc1c(N)[nH]c(=O)c(C#N)c1-c1ccccc1C1OCCCO1. The highest BCUT2D eigenvalue weighted by Crippen LogP contribution is 2.36. The van der Waals surface area contributed by atoms with Crippen LogP contribution in [-0.2, 0) is 9.47 Å². The van der Waals surface area contributed by atoms with E-state index in [1.807, 2.05) is 12.1 Å². The molecule has 1 fully saturated rings. The van der Waals surface area contributed by atoms with Gasteiger partial charge in [-0.1, -0.05) is 24.3 Å². The largest absolute Gasteiger partial charge is 0.384 e. The Labute approximate surface area is 137 Å². The Balaban J connectivity index is 2.30. The highest BCUT2D eigenvalue weighted by atomic mass is 16.7. The lowest BCUT2D eigenvalue weighted by atomic mass is 9.92. The molecule has 0 aliphatic carbocycles. The molecule has 1 aliphatic rings. The summed E-state index contributed by atoms with van der Waals surface area (Å²) in [6.07, 6.45) is 0.178. The minimum atomic E-state index is -0.635. The van der Waals surface area contributed by atoms with Crippen LogP contribution in [0.3, 0.4) is 0 Å². The molecule has 120 valence electrons. The molecule has 2 heterocycles. The van der Waals surface area contributed by atoms with Crippen LogP contribution in [0, 0.1) is 22.7 Å². The third kappa shape index (κ3) is 2.63. The van der Waals surface area contributed by atoms with E-state index < -0.39 is 11.8 Å². The minimum absolute atomic E-state index is 0.0504. The molecule has 0 unspecified atom stereocenters. The summed E-state index contributed by atoms with van der Waals surface area (Å²) in [5, 5.41) is 18.8. The Bertz CT molecular complexity index is 915. The molecule has 0 spiro atoms. The van der Waals surface area contributed by atoms with E-state index in [1.165, 1.54) is 0 Å². The predicted octanol–water partition coefficient (Wildman–Crippen LogP) is 1.80. The lowest BCUT2D eigenvalue weighted by Gasteiger charge is -2.25. The molecule has 0 radical (unpaired) electrons. The van der Waals surface area contributed by atoms with Gasteiger partial charge in [0, 0.05) is 11.1 Å². The van der Waals surface area contributed by atoms with Crippen molar-refractivity contribution in [2.75, 3.05) is 18.9 Å². The van der Waals surface area contributed by atoms with E-state index in [4.69, 9.17) is 15.2 Å². The summed E-state index contributed by atoms with van der Waals surface area (Å²) >= 11 is 0. The number of aromatic nitrogens is 1. The van der Waals surface area contributed by atoms with Gasteiger partial charge in [0.1, 0.15) is 29.1 Å². The van der Waals surface area contributed by atoms with Gasteiger partial charge in [-0.25, -0.2) is 0 Å². The first kappa shape index (κ1) is 15.8. The van der Waals surface area contributed by atoms with Crippen LogP contribution in [0.4, 0.5) is 5.82 Å². The summed E-state index contributed by atoms with van der Waals surface area (Å²) in [4.78, 5) is 14.4. The van der Waals surface area contributed by atoms with E-state index >= 15 is 0 Å². The molecule has 0 amide bonds. The van der Waals surface area contributed by atoms with Gasteiger partial charge in [-0.3, -0.25) is 4.79 Å². The Morgan fingerprint density at radius 1 is 1.12 bits per heavy atom. The number of pyridine rings is 1. The molecule has 1 aromatic carbocycles. The summed E-state index contributed by atoms with van der Waals surface area (Å²) in [6.45, 7) is 1.10. The van der Waals surface area contributed by atoms with Crippen molar-refractivity contribution in [2.24, 2.45) is 0 Å². The molecule has 0 saturated carbocycles. The van der Waals surface area contributed by atoms with Gasteiger partial charge in [0.2, 0.25) is 0 Å². The molecule has 24 heavy (non-hydrogen) atoms. The molecule has 7 nitrogen and oxygen atoms in total.